The zero-order valence-electron chi connectivity index (χ0n) is 32.5. The Morgan fingerprint density at radius 1 is 0.870 bits per heavy atom. The van der Waals surface area contributed by atoms with Crippen LogP contribution in [0, 0.1) is 0 Å². The minimum absolute atomic E-state index is 0.0773. The molecule has 1 aromatic heterocycles. The predicted molar refractivity (Wildman–Crippen MR) is 212 cm³/mol. The van der Waals surface area contributed by atoms with Gasteiger partial charge in [0.2, 0.25) is 5.91 Å². The van der Waals surface area contributed by atoms with Crippen molar-refractivity contribution in [3.05, 3.63) is 102 Å². The highest BCUT2D eigenvalue weighted by Gasteiger charge is 2.42. The maximum Gasteiger partial charge on any atom is 0.326 e. The Kier molecular flexibility index (Phi) is 13.6. The summed E-state index contributed by atoms with van der Waals surface area (Å²) >= 11 is 0. The number of carbonyl (C=O) groups excluding carboxylic acids is 2. The van der Waals surface area contributed by atoms with Gasteiger partial charge in [-0.1, -0.05) is 102 Å². The second-order valence-corrected chi connectivity index (χ2v) is 15.5. The number of carboxylic acids is 1. The zero-order chi connectivity index (χ0) is 38.8. The molecule has 4 aromatic rings. The quantitative estimate of drug-likeness (QED) is 0.114. The summed E-state index contributed by atoms with van der Waals surface area (Å²) < 4.78 is 5.91. The van der Waals surface area contributed by atoms with Crippen molar-refractivity contribution in [2.75, 3.05) is 27.2 Å². The lowest BCUT2D eigenvalue weighted by Gasteiger charge is -2.28. The van der Waals surface area contributed by atoms with Gasteiger partial charge >= 0.3 is 5.97 Å². The third-order valence-corrected chi connectivity index (χ3v) is 10.2. The predicted octanol–water partition coefficient (Wildman–Crippen LogP) is 7.41. The molecular weight excluding hydrogens is 679 g/mol. The summed E-state index contributed by atoms with van der Waals surface area (Å²) in [4.78, 5) is 52.5. The van der Waals surface area contributed by atoms with Crippen LogP contribution in [0.4, 0.5) is 0 Å². The van der Waals surface area contributed by atoms with E-state index in [-0.39, 0.29) is 24.4 Å². The number of ether oxygens (including phenoxy) is 1. The van der Waals surface area contributed by atoms with E-state index in [0.717, 1.165) is 46.6 Å². The van der Waals surface area contributed by atoms with Crippen molar-refractivity contribution in [1.29, 1.82) is 0 Å². The molecule has 2 heterocycles. The van der Waals surface area contributed by atoms with E-state index in [1.165, 1.54) is 30.6 Å². The van der Waals surface area contributed by atoms with Crippen LogP contribution in [0.25, 0.3) is 22.5 Å². The van der Waals surface area contributed by atoms with Crippen LogP contribution in [0.2, 0.25) is 0 Å². The number of rotatable bonds is 16. The van der Waals surface area contributed by atoms with E-state index in [0.29, 0.717) is 17.8 Å². The normalized spacial score (nSPS) is 16.3. The van der Waals surface area contributed by atoms with Crippen LogP contribution in [-0.4, -0.2) is 88.0 Å². The Bertz CT molecular complexity index is 1840. The third-order valence-electron chi connectivity index (χ3n) is 10.2. The average molecular weight is 734 g/mol. The standard InChI is InChI=1S/C44H55N5O5/c1-7-8-9-10-11-24-54-37-22-18-31(19-23-37)34-27-45-40(46-28-34)32-14-12-30(13-15-32)25-38(42(51)49-29-36(48(5)6)26-39(49)43(52)53)47-41(50)33-16-20-35(21-17-33)44(2,3)4/h12-23,27-28,36,38-39H,7-11,24-26,29H2,1-6H3,(H,47,50)(H,52,53)/t36-,38+,39+/m1/s1. The molecule has 0 aliphatic carbocycles. The van der Waals surface area contributed by atoms with Crippen molar-refractivity contribution >= 4 is 17.8 Å². The molecule has 5 rings (SSSR count). The number of benzene rings is 3. The largest absolute Gasteiger partial charge is 0.494 e. The molecule has 3 atom stereocenters. The molecule has 1 fully saturated rings. The van der Waals surface area contributed by atoms with E-state index in [9.17, 15) is 19.5 Å². The van der Waals surface area contributed by atoms with Gasteiger partial charge in [0.05, 0.1) is 6.61 Å². The van der Waals surface area contributed by atoms with Crippen LogP contribution in [0.1, 0.15) is 87.7 Å². The topological polar surface area (TPSA) is 125 Å². The maximum absolute atomic E-state index is 14.1. The van der Waals surface area contributed by atoms with Gasteiger partial charge in [0.15, 0.2) is 5.82 Å². The first-order chi connectivity index (χ1) is 25.8. The molecule has 1 aliphatic heterocycles. The summed E-state index contributed by atoms with van der Waals surface area (Å²) in [5.41, 5.74) is 4.93. The van der Waals surface area contributed by atoms with Gasteiger partial charge < -0.3 is 25.0 Å². The first kappa shape index (κ1) is 40.1. The van der Waals surface area contributed by atoms with Crippen LogP contribution in [0.3, 0.4) is 0 Å². The molecular formula is C44H55N5O5. The van der Waals surface area contributed by atoms with E-state index in [2.05, 4.69) is 43.0 Å². The number of likely N-dealkylation sites (tertiary alicyclic amines) is 1. The van der Waals surface area contributed by atoms with E-state index in [1.807, 2.05) is 79.7 Å². The number of nitrogens with zero attached hydrogens (tertiary/aromatic N) is 4. The molecule has 54 heavy (non-hydrogen) atoms. The Hall–Kier alpha value is -5.09. The number of aromatic nitrogens is 2. The van der Waals surface area contributed by atoms with Gasteiger partial charge in [-0.3, -0.25) is 9.59 Å². The average Bonchev–Trinajstić information content (AvgIpc) is 3.63. The Labute approximate surface area is 320 Å². The highest BCUT2D eigenvalue weighted by Crippen LogP contribution is 2.26. The van der Waals surface area contributed by atoms with Gasteiger partial charge in [-0.05, 0) is 73.3 Å². The van der Waals surface area contributed by atoms with E-state index in [1.54, 1.807) is 24.5 Å². The highest BCUT2D eigenvalue weighted by molar-refractivity contribution is 5.98. The van der Waals surface area contributed by atoms with Crippen molar-refractivity contribution in [2.45, 2.75) is 96.2 Å². The Morgan fingerprint density at radius 2 is 1.50 bits per heavy atom. The lowest BCUT2D eigenvalue weighted by molar-refractivity contribution is -0.148. The number of likely N-dealkylation sites (N-methyl/N-ethyl adjacent to an activating group) is 1. The van der Waals surface area contributed by atoms with Gasteiger partial charge in [-0.25, -0.2) is 14.8 Å². The third kappa shape index (κ3) is 10.5. The number of nitrogens with one attached hydrogen (secondary N) is 1. The number of carboxylic acid groups (broad SMARTS) is 1. The first-order valence-electron chi connectivity index (χ1n) is 19.1. The zero-order valence-corrected chi connectivity index (χ0v) is 32.5. The maximum atomic E-state index is 14.1. The van der Waals surface area contributed by atoms with E-state index < -0.39 is 29.9 Å². The molecule has 10 heteroatoms. The molecule has 3 aromatic carbocycles. The number of hydrogen-bond donors (Lipinski definition) is 2. The van der Waals surface area contributed by atoms with Gasteiger partial charge in [-0.15, -0.1) is 0 Å². The van der Waals surface area contributed by atoms with Crippen molar-refractivity contribution < 1.29 is 24.2 Å². The molecule has 0 saturated carbocycles. The summed E-state index contributed by atoms with van der Waals surface area (Å²) in [5.74, 6) is -0.458. The molecule has 1 aliphatic rings. The minimum atomic E-state index is -1.06. The molecule has 2 N–H and O–H groups in total. The fourth-order valence-electron chi connectivity index (χ4n) is 6.72. The second kappa shape index (κ2) is 18.3. The number of unbranched alkanes of at least 4 members (excludes halogenated alkanes) is 4. The molecule has 0 bridgehead atoms. The molecule has 286 valence electrons. The summed E-state index contributed by atoms with van der Waals surface area (Å²) in [6, 6.07) is 20.8. The van der Waals surface area contributed by atoms with Crippen molar-refractivity contribution in [3.63, 3.8) is 0 Å². The van der Waals surface area contributed by atoms with Crippen LogP contribution >= 0.6 is 0 Å². The van der Waals surface area contributed by atoms with Crippen molar-refractivity contribution in [2.24, 2.45) is 0 Å². The van der Waals surface area contributed by atoms with Crippen LogP contribution in [0.5, 0.6) is 5.75 Å². The fourth-order valence-corrected chi connectivity index (χ4v) is 6.72. The van der Waals surface area contributed by atoms with Crippen molar-refractivity contribution in [3.8, 4) is 28.3 Å². The summed E-state index contributed by atoms with van der Waals surface area (Å²) in [7, 11) is 3.75. The smallest absolute Gasteiger partial charge is 0.326 e. The van der Waals surface area contributed by atoms with E-state index >= 15 is 0 Å². The lowest BCUT2D eigenvalue weighted by atomic mass is 9.86. The number of aliphatic carboxylic acids is 1. The van der Waals surface area contributed by atoms with Crippen LogP contribution in [0.15, 0.2) is 85.2 Å². The monoisotopic (exact) mass is 733 g/mol. The van der Waals surface area contributed by atoms with Crippen molar-refractivity contribution in [1.82, 2.24) is 25.1 Å². The number of amides is 2. The molecule has 0 spiro atoms. The van der Waals surface area contributed by atoms with Gasteiger partial charge in [0.1, 0.15) is 17.8 Å². The summed E-state index contributed by atoms with van der Waals surface area (Å²) in [5, 5.41) is 13.0. The minimum Gasteiger partial charge on any atom is -0.494 e. The van der Waals surface area contributed by atoms with Crippen LogP contribution in [-0.2, 0) is 21.4 Å². The first-order valence-corrected chi connectivity index (χ1v) is 19.1. The molecule has 0 radical (unpaired) electrons. The summed E-state index contributed by atoms with van der Waals surface area (Å²) in [6.07, 6.45) is 10.1. The Morgan fingerprint density at radius 3 is 2.09 bits per heavy atom. The second-order valence-electron chi connectivity index (χ2n) is 15.5. The van der Waals surface area contributed by atoms with Gasteiger partial charge in [-0.2, -0.15) is 0 Å². The number of carbonyl (C=O) groups is 3. The SMILES string of the molecule is CCCCCCCOc1ccc(-c2cnc(-c3ccc(C[C@H](NC(=O)c4ccc(C(C)(C)C)cc4)C(=O)N4C[C@H](N(C)C)C[C@H]4C(=O)O)cc3)nc2)cc1. The van der Waals surface area contributed by atoms with Gasteiger partial charge in [0.25, 0.3) is 5.91 Å². The summed E-state index contributed by atoms with van der Waals surface area (Å²) in [6.45, 7) is 9.51. The van der Waals surface area contributed by atoms with E-state index in [4.69, 9.17) is 4.74 Å². The molecule has 10 nitrogen and oxygen atoms in total. The molecule has 2 amide bonds. The lowest BCUT2D eigenvalue weighted by Crippen LogP contribution is -2.53. The Balaban J connectivity index is 1.28. The number of hydrogen-bond acceptors (Lipinski definition) is 7. The molecule has 0 unspecified atom stereocenters. The molecule has 1 saturated heterocycles. The highest BCUT2D eigenvalue weighted by atomic mass is 16.5. The van der Waals surface area contributed by atoms with Gasteiger partial charge in [0, 0.05) is 48.1 Å². The van der Waals surface area contributed by atoms with Crippen LogP contribution < -0.4 is 10.1 Å². The fraction of sp³-hybridized carbons (Fsp3) is 0.432.